The normalized spacial score (nSPS) is 22.1. The van der Waals surface area contributed by atoms with Crippen molar-refractivity contribution >= 4 is 32.0 Å². The molecule has 0 saturated carbocycles. The molecule has 1 fully saturated rings. The van der Waals surface area contributed by atoms with Crippen LogP contribution in [0.15, 0.2) is 35.0 Å². The van der Waals surface area contributed by atoms with Crippen LogP contribution in [0.4, 0.5) is 0 Å². The van der Waals surface area contributed by atoms with Gasteiger partial charge in [0, 0.05) is 36.7 Å². The monoisotopic (exact) mass is 478 g/mol. The second-order valence-corrected chi connectivity index (χ2v) is 16.0. The number of carboxylic acid groups (broad SMARTS) is 1. The average Bonchev–Trinajstić information content (AvgIpc) is 2.95. The summed E-state index contributed by atoms with van der Waals surface area (Å²) < 4.78 is 6.39. The molecule has 7 nitrogen and oxygen atoms in total. The molecule has 1 saturated heterocycles. The predicted octanol–water partition coefficient (Wildman–Crippen LogP) is 4.18. The number of thioether (sulfide) groups is 1. The van der Waals surface area contributed by atoms with Gasteiger partial charge in [-0.25, -0.2) is 4.79 Å². The summed E-state index contributed by atoms with van der Waals surface area (Å²) in [5.41, 5.74) is 0.929. The zero-order valence-electron chi connectivity index (χ0n) is 19.5. The van der Waals surface area contributed by atoms with E-state index in [0.29, 0.717) is 30.8 Å². The minimum atomic E-state index is -1.92. The van der Waals surface area contributed by atoms with Crippen LogP contribution in [0.2, 0.25) is 18.1 Å². The van der Waals surface area contributed by atoms with Crippen LogP contribution in [0.1, 0.15) is 51.0 Å². The van der Waals surface area contributed by atoms with Crippen molar-refractivity contribution in [2.75, 3.05) is 13.2 Å². The number of hydrogen-bond acceptors (Lipinski definition) is 6. The molecule has 3 rings (SSSR count). The lowest BCUT2D eigenvalue weighted by Crippen LogP contribution is -2.52. The number of nitrogens with zero attached hydrogens (tertiary/aromatic N) is 2. The first-order chi connectivity index (χ1) is 15.0. The Morgan fingerprint density at radius 3 is 2.62 bits per heavy atom. The van der Waals surface area contributed by atoms with Gasteiger partial charge in [0.05, 0.1) is 17.0 Å². The largest absolute Gasteiger partial charge is 0.477 e. The van der Waals surface area contributed by atoms with Crippen LogP contribution in [0, 0.1) is 5.92 Å². The lowest BCUT2D eigenvalue weighted by atomic mass is 9.90. The third-order valence-corrected chi connectivity index (χ3v) is 12.9. The van der Waals surface area contributed by atoms with Crippen LogP contribution in [0.25, 0.3) is 0 Å². The molecule has 176 valence electrons. The average molecular weight is 479 g/mol. The summed E-state index contributed by atoms with van der Waals surface area (Å²) in [6.07, 6.45) is 3.17. The van der Waals surface area contributed by atoms with Gasteiger partial charge in [0.15, 0.2) is 8.32 Å². The van der Waals surface area contributed by atoms with E-state index in [4.69, 9.17) is 4.43 Å². The predicted molar refractivity (Wildman–Crippen MR) is 127 cm³/mol. The maximum absolute atomic E-state index is 12.2. The molecular weight excluding hydrogens is 444 g/mol. The Balaban J connectivity index is 1.87. The molecule has 9 heteroatoms. The zero-order valence-corrected chi connectivity index (χ0v) is 21.3. The zero-order chi connectivity index (χ0) is 23.7. The van der Waals surface area contributed by atoms with Crippen LogP contribution in [0.5, 0.6) is 0 Å². The van der Waals surface area contributed by atoms with Crippen molar-refractivity contribution in [3.8, 4) is 0 Å². The molecule has 0 unspecified atom stereocenters. The Labute approximate surface area is 195 Å². The Kier molecular flexibility index (Phi) is 7.54. The summed E-state index contributed by atoms with van der Waals surface area (Å²) in [4.78, 5) is 30.9. The maximum Gasteiger partial charge on any atom is 0.353 e. The third kappa shape index (κ3) is 4.95. The van der Waals surface area contributed by atoms with Crippen molar-refractivity contribution in [2.45, 2.75) is 69.5 Å². The number of carbonyl (C=O) groups excluding carboxylic acids is 1. The fraction of sp³-hybridized carbons (Fsp3) is 0.609. The Morgan fingerprint density at radius 1 is 1.38 bits per heavy atom. The van der Waals surface area contributed by atoms with Crippen LogP contribution >= 0.6 is 11.8 Å². The highest BCUT2D eigenvalue weighted by molar-refractivity contribution is 8.03. The second-order valence-electron chi connectivity index (χ2n) is 9.93. The molecule has 2 aliphatic heterocycles. The number of rotatable bonds is 10. The van der Waals surface area contributed by atoms with Crippen molar-refractivity contribution in [2.24, 2.45) is 5.92 Å². The van der Waals surface area contributed by atoms with Gasteiger partial charge >= 0.3 is 5.97 Å². The maximum atomic E-state index is 12.2. The number of carbonyl (C=O) groups is 2. The molecule has 1 aromatic rings. The SMILES string of the molecule is CC(C)(C)[Si](C)(C)OCC[C@@H](SC1=C(C(=O)O)N2C(=O)C[C@H]2[C@H]1CCO)c1ccccn1. The number of pyridine rings is 1. The summed E-state index contributed by atoms with van der Waals surface area (Å²) in [6.45, 7) is 11.5. The molecule has 0 aliphatic carbocycles. The highest BCUT2D eigenvalue weighted by Crippen LogP contribution is 2.52. The van der Waals surface area contributed by atoms with E-state index >= 15 is 0 Å². The van der Waals surface area contributed by atoms with Gasteiger partial charge in [0.25, 0.3) is 0 Å². The van der Waals surface area contributed by atoms with Gasteiger partial charge in [0.2, 0.25) is 5.91 Å². The Hall–Kier alpha value is -1.68. The van der Waals surface area contributed by atoms with E-state index in [1.165, 1.54) is 16.7 Å². The third-order valence-electron chi connectivity index (χ3n) is 6.84. The molecular formula is C23H34N2O5SSi. The molecule has 0 bridgehead atoms. The molecule has 3 heterocycles. The first-order valence-electron chi connectivity index (χ1n) is 11.1. The smallest absolute Gasteiger partial charge is 0.353 e. The van der Waals surface area contributed by atoms with Gasteiger partial charge in [-0.15, -0.1) is 11.8 Å². The minimum absolute atomic E-state index is 0.0527. The minimum Gasteiger partial charge on any atom is -0.477 e. The molecule has 3 atom stereocenters. The summed E-state index contributed by atoms with van der Waals surface area (Å²) in [5.74, 6) is -1.42. The highest BCUT2D eigenvalue weighted by atomic mass is 32.2. The number of aliphatic hydroxyl groups is 1. The molecule has 1 amide bonds. The van der Waals surface area contributed by atoms with Crippen LogP contribution in [0.3, 0.4) is 0 Å². The lowest BCUT2D eigenvalue weighted by molar-refractivity contribution is -0.148. The summed E-state index contributed by atoms with van der Waals surface area (Å²) >= 11 is 1.46. The van der Waals surface area contributed by atoms with E-state index in [1.807, 2.05) is 18.2 Å². The van der Waals surface area contributed by atoms with Crippen molar-refractivity contribution in [1.29, 1.82) is 0 Å². The van der Waals surface area contributed by atoms with Crippen LogP contribution in [-0.2, 0) is 14.0 Å². The number of aliphatic hydroxyl groups excluding tert-OH is 1. The summed E-state index contributed by atoms with van der Waals surface area (Å²) in [6, 6.07) is 5.55. The number of β-lactam (4-membered cyclic amide) rings is 1. The van der Waals surface area contributed by atoms with Gasteiger partial charge in [-0.1, -0.05) is 26.8 Å². The van der Waals surface area contributed by atoms with Gasteiger partial charge < -0.3 is 19.5 Å². The molecule has 2 N–H and O–H groups in total. The summed E-state index contributed by atoms with van der Waals surface area (Å²) in [7, 11) is -1.92. The topological polar surface area (TPSA) is 100.0 Å². The van der Waals surface area contributed by atoms with Crippen molar-refractivity contribution in [3.63, 3.8) is 0 Å². The number of hydrogen-bond donors (Lipinski definition) is 2. The number of aliphatic carboxylic acids is 1. The Morgan fingerprint density at radius 2 is 2.09 bits per heavy atom. The summed E-state index contributed by atoms with van der Waals surface area (Å²) in [5, 5.41) is 19.5. The van der Waals surface area contributed by atoms with E-state index < -0.39 is 14.3 Å². The molecule has 2 aliphatic rings. The van der Waals surface area contributed by atoms with Gasteiger partial charge in [-0.2, -0.15) is 0 Å². The first kappa shape index (κ1) is 24.9. The van der Waals surface area contributed by atoms with E-state index in [-0.39, 0.29) is 40.5 Å². The quantitative estimate of drug-likeness (QED) is 0.384. The van der Waals surface area contributed by atoms with Crippen LogP contribution < -0.4 is 0 Å². The van der Waals surface area contributed by atoms with E-state index in [9.17, 15) is 19.8 Å². The Bertz CT molecular complexity index is 884. The molecule has 0 spiro atoms. The molecule has 0 radical (unpaired) electrons. The van der Waals surface area contributed by atoms with Crippen molar-refractivity contribution in [3.05, 3.63) is 40.7 Å². The number of aromatic nitrogens is 1. The van der Waals surface area contributed by atoms with Crippen molar-refractivity contribution < 1.29 is 24.2 Å². The van der Waals surface area contributed by atoms with Crippen molar-refractivity contribution in [1.82, 2.24) is 9.88 Å². The second kappa shape index (κ2) is 9.67. The number of carboxylic acids is 1. The fourth-order valence-electron chi connectivity index (χ4n) is 3.96. The highest BCUT2D eigenvalue weighted by Gasteiger charge is 2.53. The molecule has 1 aromatic heterocycles. The van der Waals surface area contributed by atoms with Gasteiger partial charge in [-0.05, 0) is 43.1 Å². The van der Waals surface area contributed by atoms with Gasteiger partial charge in [0.1, 0.15) is 5.70 Å². The lowest BCUT2D eigenvalue weighted by Gasteiger charge is -2.38. The number of amides is 1. The number of fused-ring (bicyclic) bond motifs is 1. The van der Waals surface area contributed by atoms with Crippen LogP contribution in [-0.4, -0.2) is 59.5 Å². The van der Waals surface area contributed by atoms with Gasteiger partial charge in [-0.3, -0.25) is 9.78 Å². The fourth-order valence-corrected chi connectivity index (χ4v) is 6.55. The molecule has 0 aromatic carbocycles. The standard InChI is InChI=1S/C23H34N2O5SSi/c1-23(2,3)32(4,5)30-13-10-18(16-8-6-7-11-24-16)31-21-15(9-12-26)17-14-19(27)25(17)20(21)22(28)29/h6-8,11,15,17-18,26H,9-10,12-14H2,1-5H3,(H,28,29)/t15-,17+,18-/m1/s1. The van der Waals surface area contributed by atoms with E-state index in [0.717, 1.165) is 5.69 Å². The molecule has 32 heavy (non-hydrogen) atoms. The van der Waals surface area contributed by atoms with E-state index in [2.05, 4.69) is 38.8 Å². The first-order valence-corrected chi connectivity index (χ1v) is 14.9. The van der Waals surface area contributed by atoms with E-state index in [1.54, 1.807) is 6.20 Å².